The molecule has 1 aromatic rings. The molecule has 0 radical (unpaired) electrons. The van der Waals surface area contributed by atoms with E-state index in [1.807, 2.05) is 0 Å². The molecule has 0 aromatic carbocycles. The molecule has 1 unspecified atom stereocenters. The number of halogens is 3. The Kier molecular flexibility index (Phi) is 4.48. The molecule has 1 saturated heterocycles. The Hall–Kier alpha value is -1.35. The summed E-state index contributed by atoms with van der Waals surface area (Å²) in [6, 6.07) is -0.396. The van der Waals surface area contributed by atoms with Gasteiger partial charge in [-0.1, -0.05) is 0 Å². The summed E-state index contributed by atoms with van der Waals surface area (Å²) >= 11 is 0.852. The van der Waals surface area contributed by atoms with Crippen LogP contribution in [0, 0.1) is 0 Å². The van der Waals surface area contributed by atoms with Gasteiger partial charge in [-0.2, -0.15) is 13.2 Å². The minimum absolute atomic E-state index is 0.0494. The van der Waals surface area contributed by atoms with Crippen LogP contribution in [0.2, 0.25) is 0 Å². The lowest BCUT2D eigenvalue weighted by molar-refractivity contribution is -0.140. The van der Waals surface area contributed by atoms with E-state index in [-0.39, 0.29) is 18.1 Å². The van der Waals surface area contributed by atoms with Gasteiger partial charge >= 0.3 is 12.2 Å². The number of β-amino-alcohol motifs (C(OH)–C–C–N with tert-alkyl or cyclic N) is 1. The van der Waals surface area contributed by atoms with E-state index in [9.17, 15) is 23.1 Å². The highest BCUT2D eigenvalue weighted by Gasteiger charge is 2.33. The number of rotatable bonds is 2. The van der Waals surface area contributed by atoms with Gasteiger partial charge in [0.1, 0.15) is 5.01 Å². The van der Waals surface area contributed by atoms with Crippen molar-refractivity contribution in [3.63, 3.8) is 0 Å². The fourth-order valence-electron chi connectivity index (χ4n) is 1.92. The molecule has 1 atom stereocenters. The van der Waals surface area contributed by atoms with E-state index >= 15 is 0 Å². The Balaban J connectivity index is 1.85. The normalized spacial score (nSPS) is 20.0. The largest absolute Gasteiger partial charge is 0.434 e. The predicted octanol–water partition coefficient (Wildman–Crippen LogP) is 1.83. The molecule has 2 amide bonds. The van der Waals surface area contributed by atoms with E-state index in [2.05, 4.69) is 10.3 Å². The van der Waals surface area contributed by atoms with Crippen molar-refractivity contribution in [2.24, 2.45) is 0 Å². The third-order valence-electron chi connectivity index (χ3n) is 2.92. The van der Waals surface area contributed by atoms with Crippen LogP contribution in [0.25, 0.3) is 0 Å². The molecule has 1 fully saturated rings. The van der Waals surface area contributed by atoms with Crippen molar-refractivity contribution < 1.29 is 23.1 Å². The second kappa shape index (κ2) is 5.96. The van der Waals surface area contributed by atoms with E-state index in [0.717, 1.165) is 16.7 Å². The van der Waals surface area contributed by atoms with Gasteiger partial charge in [-0.25, -0.2) is 9.78 Å². The molecule has 2 N–H and O–H groups in total. The van der Waals surface area contributed by atoms with Gasteiger partial charge in [-0.15, -0.1) is 11.3 Å². The molecule has 0 bridgehead atoms. The third-order valence-corrected chi connectivity index (χ3v) is 3.77. The van der Waals surface area contributed by atoms with Crippen LogP contribution in [0.15, 0.2) is 5.38 Å². The number of nitrogens with zero attached hydrogens (tertiary/aromatic N) is 2. The average Bonchev–Trinajstić information content (AvgIpc) is 2.84. The second-order valence-corrected chi connectivity index (χ2v) is 5.47. The number of piperidine rings is 1. The minimum atomic E-state index is -4.46. The fourth-order valence-corrected chi connectivity index (χ4v) is 2.67. The summed E-state index contributed by atoms with van der Waals surface area (Å²) in [4.78, 5) is 16.7. The highest BCUT2D eigenvalue weighted by atomic mass is 32.1. The summed E-state index contributed by atoms with van der Waals surface area (Å²) < 4.78 is 37.1. The summed E-state index contributed by atoms with van der Waals surface area (Å²) in [6.45, 7) is 0.734. The van der Waals surface area contributed by atoms with Crippen LogP contribution in [0.5, 0.6) is 0 Å². The maximum atomic E-state index is 12.4. The van der Waals surface area contributed by atoms with Crippen LogP contribution < -0.4 is 5.32 Å². The molecule has 20 heavy (non-hydrogen) atoms. The number of amides is 2. The van der Waals surface area contributed by atoms with Crippen LogP contribution in [0.1, 0.15) is 23.5 Å². The van der Waals surface area contributed by atoms with E-state index in [1.165, 1.54) is 4.90 Å². The van der Waals surface area contributed by atoms with Crippen LogP contribution in [0.4, 0.5) is 18.0 Å². The van der Waals surface area contributed by atoms with Gasteiger partial charge in [0.25, 0.3) is 0 Å². The molecule has 0 spiro atoms. The number of alkyl halides is 3. The summed E-state index contributed by atoms with van der Waals surface area (Å²) in [7, 11) is 0. The maximum Gasteiger partial charge on any atom is 0.434 e. The Labute approximate surface area is 117 Å². The van der Waals surface area contributed by atoms with Gasteiger partial charge in [0, 0.05) is 18.5 Å². The number of likely N-dealkylation sites (tertiary alicyclic amines) is 1. The first-order valence-electron chi connectivity index (χ1n) is 6.08. The van der Waals surface area contributed by atoms with E-state index in [4.69, 9.17) is 0 Å². The maximum absolute atomic E-state index is 12.4. The van der Waals surface area contributed by atoms with Crippen molar-refractivity contribution in [1.82, 2.24) is 15.2 Å². The minimum Gasteiger partial charge on any atom is -0.391 e. The monoisotopic (exact) mass is 309 g/mol. The molecular formula is C11H14F3N3O2S. The summed E-state index contributed by atoms with van der Waals surface area (Å²) in [5, 5.41) is 13.1. The first kappa shape index (κ1) is 15.0. The Morgan fingerprint density at radius 2 is 2.35 bits per heavy atom. The molecular weight excluding hydrogens is 295 g/mol. The highest BCUT2D eigenvalue weighted by Crippen LogP contribution is 2.29. The average molecular weight is 309 g/mol. The van der Waals surface area contributed by atoms with Crippen molar-refractivity contribution in [3.8, 4) is 0 Å². The van der Waals surface area contributed by atoms with Crippen molar-refractivity contribution in [1.29, 1.82) is 0 Å². The number of carbonyl (C=O) groups excluding carboxylic acids is 1. The Bertz CT molecular complexity index is 478. The van der Waals surface area contributed by atoms with E-state index < -0.39 is 24.0 Å². The number of aliphatic hydroxyl groups excluding tert-OH is 1. The number of carbonyl (C=O) groups is 1. The summed E-state index contributed by atoms with van der Waals surface area (Å²) in [6.07, 6.45) is -3.63. The lowest BCUT2D eigenvalue weighted by atomic mass is 10.1. The van der Waals surface area contributed by atoms with E-state index in [1.54, 1.807) is 0 Å². The third kappa shape index (κ3) is 3.83. The Morgan fingerprint density at radius 1 is 1.60 bits per heavy atom. The molecule has 2 heterocycles. The van der Waals surface area contributed by atoms with Crippen LogP contribution in [0.3, 0.4) is 0 Å². The number of hydrogen-bond donors (Lipinski definition) is 2. The van der Waals surface area contributed by atoms with Crippen LogP contribution in [-0.2, 0) is 12.7 Å². The van der Waals surface area contributed by atoms with Crippen LogP contribution in [-0.4, -0.2) is 40.2 Å². The van der Waals surface area contributed by atoms with Gasteiger partial charge in [-0.3, -0.25) is 0 Å². The lowest BCUT2D eigenvalue weighted by Crippen LogP contribution is -2.46. The standard InChI is InChI=1S/C11H14F3N3O2S/c12-11(13,14)8-6-20-9(16-8)4-15-10(19)17-3-1-2-7(18)5-17/h6-7,18H,1-5H2,(H,15,19). The summed E-state index contributed by atoms with van der Waals surface area (Å²) in [5.74, 6) is 0. The van der Waals surface area contributed by atoms with Crippen molar-refractivity contribution in [3.05, 3.63) is 16.1 Å². The van der Waals surface area contributed by atoms with Crippen molar-refractivity contribution in [2.45, 2.75) is 31.7 Å². The zero-order valence-corrected chi connectivity index (χ0v) is 11.3. The predicted molar refractivity (Wildman–Crippen MR) is 66.2 cm³/mol. The quantitative estimate of drug-likeness (QED) is 0.876. The molecule has 5 nitrogen and oxygen atoms in total. The van der Waals surface area contributed by atoms with Gasteiger partial charge in [0.2, 0.25) is 0 Å². The molecule has 112 valence electrons. The first-order chi connectivity index (χ1) is 9.36. The number of thiazole rings is 1. The van der Waals surface area contributed by atoms with Gasteiger partial charge < -0.3 is 15.3 Å². The van der Waals surface area contributed by atoms with Crippen molar-refractivity contribution >= 4 is 17.4 Å². The number of hydrogen-bond acceptors (Lipinski definition) is 4. The number of urea groups is 1. The molecule has 9 heteroatoms. The SMILES string of the molecule is O=C(NCc1nc(C(F)(F)F)cs1)N1CCCC(O)C1. The molecule has 1 aliphatic rings. The second-order valence-electron chi connectivity index (χ2n) is 4.53. The number of aromatic nitrogens is 1. The first-order valence-corrected chi connectivity index (χ1v) is 6.96. The smallest absolute Gasteiger partial charge is 0.391 e. The summed E-state index contributed by atoms with van der Waals surface area (Å²) in [5.41, 5.74) is -0.944. The van der Waals surface area contributed by atoms with E-state index in [0.29, 0.717) is 19.4 Å². The molecule has 0 aliphatic carbocycles. The highest BCUT2D eigenvalue weighted by molar-refractivity contribution is 7.09. The van der Waals surface area contributed by atoms with Gasteiger partial charge in [0.15, 0.2) is 5.69 Å². The molecule has 1 aliphatic heterocycles. The van der Waals surface area contributed by atoms with Gasteiger partial charge in [0.05, 0.1) is 12.6 Å². The fraction of sp³-hybridized carbons (Fsp3) is 0.636. The molecule has 0 saturated carbocycles. The lowest BCUT2D eigenvalue weighted by Gasteiger charge is -2.29. The zero-order valence-electron chi connectivity index (χ0n) is 10.5. The number of aliphatic hydroxyl groups is 1. The van der Waals surface area contributed by atoms with Crippen LogP contribution >= 0.6 is 11.3 Å². The Morgan fingerprint density at radius 3 is 2.95 bits per heavy atom. The van der Waals surface area contributed by atoms with Gasteiger partial charge in [-0.05, 0) is 12.8 Å². The zero-order chi connectivity index (χ0) is 14.8. The molecule has 1 aromatic heterocycles. The topological polar surface area (TPSA) is 65.5 Å². The molecule has 2 rings (SSSR count). The van der Waals surface area contributed by atoms with Crippen molar-refractivity contribution in [2.75, 3.05) is 13.1 Å². The number of nitrogens with one attached hydrogen (secondary N) is 1.